The topological polar surface area (TPSA) is 95.4 Å². The van der Waals surface area contributed by atoms with E-state index in [9.17, 15) is 0 Å². The van der Waals surface area contributed by atoms with Crippen LogP contribution in [-0.2, 0) is 4.74 Å². The van der Waals surface area contributed by atoms with Crippen LogP contribution in [0.4, 0.5) is 23.5 Å². The van der Waals surface area contributed by atoms with E-state index in [0.29, 0.717) is 43.5 Å². The van der Waals surface area contributed by atoms with Crippen LogP contribution < -0.4 is 15.5 Å². The van der Waals surface area contributed by atoms with Gasteiger partial charge in [0.05, 0.1) is 19.8 Å². The van der Waals surface area contributed by atoms with Gasteiger partial charge < -0.3 is 25.4 Å². The highest BCUT2D eigenvalue weighted by Gasteiger charge is 2.16. The minimum Gasteiger partial charge on any atom is -0.395 e. The molecule has 1 aromatic heterocycles. The maximum atomic E-state index is 9.04. The van der Waals surface area contributed by atoms with Crippen molar-refractivity contribution in [3.8, 4) is 0 Å². The summed E-state index contributed by atoms with van der Waals surface area (Å²) in [7, 11) is 0. The predicted molar refractivity (Wildman–Crippen MR) is 102 cm³/mol. The largest absolute Gasteiger partial charge is 0.395 e. The fourth-order valence-electron chi connectivity index (χ4n) is 2.65. The van der Waals surface area contributed by atoms with Gasteiger partial charge in [0.2, 0.25) is 17.8 Å². The first-order valence-electron chi connectivity index (χ1n) is 8.96. The van der Waals surface area contributed by atoms with Crippen molar-refractivity contribution in [2.75, 3.05) is 55.0 Å². The molecular weight excluding hydrogens is 332 g/mol. The van der Waals surface area contributed by atoms with Crippen LogP contribution in [0.1, 0.15) is 25.3 Å². The zero-order chi connectivity index (χ0) is 18.4. The van der Waals surface area contributed by atoms with Gasteiger partial charge in [-0.05, 0) is 23.6 Å². The van der Waals surface area contributed by atoms with Crippen molar-refractivity contribution >= 4 is 23.5 Å². The van der Waals surface area contributed by atoms with Crippen LogP contribution in [0, 0.1) is 0 Å². The molecule has 0 amide bonds. The summed E-state index contributed by atoms with van der Waals surface area (Å²) in [4.78, 5) is 15.5. The van der Waals surface area contributed by atoms with Crippen molar-refractivity contribution in [3.63, 3.8) is 0 Å². The van der Waals surface area contributed by atoms with E-state index in [1.165, 1.54) is 5.56 Å². The van der Waals surface area contributed by atoms with Crippen molar-refractivity contribution in [2.45, 2.75) is 19.8 Å². The van der Waals surface area contributed by atoms with Crippen molar-refractivity contribution in [1.82, 2.24) is 15.0 Å². The Labute approximate surface area is 153 Å². The van der Waals surface area contributed by atoms with Crippen LogP contribution in [-0.4, -0.2) is 59.5 Å². The maximum Gasteiger partial charge on any atom is 0.233 e. The van der Waals surface area contributed by atoms with Crippen LogP contribution in [0.3, 0.4) is 0 Å². The Kier molecular flexibility index (Phi) is 6.19. The van der Waals surface area contributed by atoms with E-state index in [1.54, 1.807) is 0 Å². The predicted octanol–water partition coefficient (Wildman–Crippen LogP) is 1.98. The molecule has 1 saturated heterocycles. The fourth-order valence-corrected chi connectivity index (χ4v) is 2.65. The lowest BCUT2D eigenvalue weighted by Gasteiger charge is -2.27. The van der Waals surface area contributed by atoms with Gasteiger partial charge in [0.1, 0.15) is 0 Å². The Hall–Kier alpha value is -2.45. The molecule has 2 heterocycles. The van der Waals surface area contributed by atoms with E-state index in [-0.39, 0.29) is 6.61 Å². The van der Waals surface area contributed by atoms with E-state index in [1.807, 2.05) is 12.1 Å². The standard InChI is InChI=1S/C18H26N6O2/c1-13(2)14-3-5-15(6-4-14)20-17-21-16(19-7-10-25)22-18(23-17)24-8-11-26-12-9-24/h3-6,13,25H,7-12H2,1-2H3,(H2,19,20,21,22,23). The molecule has 140 valence electrons. The molecule has 3 rings (SSSR count). The van der Waals surface area contributed by atoms with E-state index in [4.69, 9.17) is 9.84 Å². The smallest absolute Gasteiger partial charge is 0.233 e. The number of ether oxygens (including phenoxy) is 1. The Morgan fingerprint density at radius 3 is 2.42 bits per heavy atom. The molecule has 3 N–H and O–H groups in total. The summed E-state index contributed by atoms with van der Waals surface area (Å²) in [6.07, 6.45) is 0. The zero-order valence-corrected chi connectivity index (χ0v) is 15.3. The Morgan fingerprint density at radius 1 is 1.08 bits per heavy atom. The number of morpholine rings is 1. The van der Waals surface area contributed by atoms with E-state index in [2.05, 4.69) is 56.5 Å². The first kappa shape index (κ1) is 18.3. The number of nitrogens with zero attached hydrogens (tertiary/aromatic N) is 4. The van der Waals surface area contributed by atoms with Gasteiger partial charge in [-0.1, -0.05) is 26.0 Å². The van der Waals surface area contributed by atoms with Gasteiger partial charge in [-0.2, -0.15) is 15.0 Å². The zero-order valence-electron chi connectivity index (χ0n) is 15.3. The van der Waals surface area contributed by atoms with Gasteiger partial charge >= 0.3 is 0 Å². The summed E-state index contributed by atoms with van der Waals surface area (Å²) in [5.74, 6) is 2.00. The normalized spacial score (nSPS) is 14.5. The van der Waals surface area contributed by atoms with E-state index in [0.717, 1.165) is 18.8 Å². The number of anilines is 4. The molecule has 1 aliphatic heterocycles. The Balaban J connectivity index is 1.81. The molecule has 2 aromatic rings. The molecular formula is C18H26N6O2. The molecule has 0 saturated carbocycles. The third kappa shape index (κ3) is 4.80. The number of aliphatic hydroxyl groups is 1. The summed E-state index contributed by atoms with van der Waals surface area (Å²) >= 11 is 0. The second-order valence-corrected chi connectivity index (χ2v) is 6.43. The van der Waals surface area contributed by atoms with Gasteiger partial charge in [-0.3, -0.25) is 0 Å². The number of hydrogen-bond donors (Lipinski definition) is 3. The second kappa shape index (κ2) is 8.77. The van der Waals surface area contributed by atoms with Crippen molar-refractivity contribution in [1.29, 1.82) is 0 Å². The van der Waals surface area contributed by atoms with E-state index < -0.39 is 0 Å². The van der Waals surface area contributed by atoms with Crippen LogP contribution in [0.5, 0.6) is 0 Å². The average molecular weight is 358 g/mol. The third-order valence-corrected chi connectivity index (χ3v) is 4.15. The van der Waals surface area contributed by atoms with Gasteiger partial charge in [-0.25, -0.2) is 0 Å². The SMILES string of the molecule is CC(C)c1ccc(Nc2nc(NCCO)nc(N3CCOCC3)n2)cc1. The van der Waals surface area contributed by atoms with Crippen molar-refractivity contribution in [2.24, 2.45) is 0 Å². The molecule has 0 radical (unpaired) electrons. The molecule has 0 atom stereocenters. The summed E-state index contributed by atoms with van der Waals surface area (Å²) in [5, 5.41) is 15.3. The molecule has 0 bridgehead atoms. The van der Waals surface area contributed by atoms with Crippen molar-refractivity contribution < 1.29 is 9.84 Å². The number of rotatable bonds is 7. The van der Waals surface area contributed by atoms with Crippen LogP contribution >= 0.6 is 0 Å². The lowest BCUT2D eigenvalue weighted by atomic mass is 10.0. The number of hydrogen-bond acceptors (Lipinski definition) is 8. The highest BCUT2D eigenvalue weighted by Crippen LogP contribution is 2.21. The van der Waals surface area contributed by atoms with Gasteiger partial charge in [0, 0.05) is 25.3 Å². The summed E-state index contributed by atoms with van der Waals surface area (Å²) in [5.41, 5.74) is 2.20. The molecule has 0 aliphatic carbocycles. The number of aliphatic hydroxyl groups excluding tert-OH is 1. The van der Waals surface area contributed by atoms with Crippen LogP contribution in [0.15, 0.2) is 24.3 Å². The van der Waals surface area contributed by atoms with Gasteiger partial charge in [0.15, 0.2) is 0 Å². The molecule has 1 aliphatic rings. The molecule has 8 nitrogen and oxygen atoms in total. The number of aromatic nitrogens is 3. The maximum absolute atomic E-state index is 9.04. The Bertz CT molecular complexity index is 701. The second-order valence-electron chi connectivity index (χ2n) is 6.43. The molecule has 1 aromatic carbocycles. The minimum atomic E-state index is 0.0119. The highest BCUT2D eigenvalue weighted by molar-refractivity contribution is 5.56. The van der Waals surface area contributed by atoms with E-state index >= 15 is 0 Å². The number of benzene rings is 1. The molecule has 0 spiro atoms. The molecule has 8 heteroatoms. The lowest BCUT2D eigenvalue weighted by molar-refractivity contribution is 0.122. The summed E-state index contributed by atoms with van der Waals surface area (Å²) in [6.45, 7) is 7.53. The van der Waals surface area contributed by atoms with Crippen LogP contribution in [0.2, 0.25) is 0 Å². The first-order valence-corrected chi connectivity index (χ1v) is 8.96. The van der Waals surface area contributed by atoms with Crippen molar-refractivity contribution in [3.05, 3.63) is 29.8 Å². The lowest BCUT2D eigenvalue weighted by Crippen LogP contribution is -2.37. The number of nitrogens with one attached hydrogen (secondary N) is 2. The summed E-state index contributed by atoms with van der Waals surface area (Å²) in [6, 6.07) is 8.24. The summed E-state index contributed by atoms with van der Waals surface area (Å²) < 4.78 is 5.40. The quantitative estimate of drug-likeness (QED) is 0.691. The third-order valence-electron chi connectivity index (χ3n) is 4.15. The van der Waals surface area contributed by atoms with Gasteiger partial charge in [0.25, 0.3) is 0 Å². The average Bonchev–Trinajstić information content (AvgIpc) is 2.67. The molecule has 1 fully saturated rings. The fraction of sp³-hybridized carbons (Fsp3) is 0.500. The Morgan fingerprint density at radius 2 is 1.77 bits per heavy atom. The first-order chi connectivity index (χ1) is 12.7. The monoisotopic (exact) mass is 358 g/mol. The van der Waals surface area contributed by atoms with Gasteiger partial charge in [-0.15, -0.1) is 0 Å². The molecule has 0 unspecified atom stereocenters. The highest BCUT2D eigenvalue weighted by atomic mass is 16.5. The minimum absolute atomic E-state index is 0.0119. The molecule has 26 heavy (non-hydrogen) atoms. The van der Waals surface area contributed by atoms with Crippen LogP contribution in [0.25, 0.3) is 0 Å².